The van der Waals surface area contributed by atoms with Crippen molar-refractivity contribution in [3.63, 3.8) is 0 Å². The van der Waals surface area contributed by atoms with Gasteiger partial charge in [0.25, 0.3) is 5.91 Å². The molecule has 0 aliphatic carbocycles. The number of aromatic nitrogens is 1. The average Bonchev–Trinajstić information content (AvgIpc) is 3.27. The molecule has 3 aromatic rings. The summed E-state index contributed by atoms with van der Waals surface area (Å²) < 4.78 is 25.9. The molecule has 0 unspecified atom stereocenters. The molecule has 3 heterocycles. The molecular formula is C25H26Cl2FN3O4. The number of amides is 1. The van der Waals surface area contributed by atoms with Gasteiger partial charge in [-0.1, -0.05) is 43.1 Å². The number of benzene rings is 1. The van der Waals surface area contributed by atoms with Crippen molar-refractivity contribution < 1.29 is 23.4 Å². The Labute approximate surface area is 212 Å². The molecule has 1 aliphatic heterocycles. The number of carbonyl (C=O) groups is 1. The third-order valence-corrected chi connectivity index (χ3v) is 6.85. The number of halogens is 3. The summed E-state index contributed by atoms with van der Waals surface area (Å²) in [5.41, 5.74) is 8.56. The van der Waals surface area contributed by atoms with Crippen LogP contribution in [0.1, 0.15) is 44.4 Å². The Morgan fingerprint density at radius 3 is 2.71 bits per heavy atom. The lowest BCUT2D eigenvalue weighted by atomic mass is 9.98. The number of carbonyl (C=O) groups excluding carboxylic acids is 1. The highest BCUT2D eigenvalue weighted by Crippen LogP contribution is 2.41. The maximum atomic E-state index is 14.0. The summed E-state index contributed by atoms with van der Waals surface area (Å²) in [4.78, 5) is 18.4. The maximum Gasteiger partial charge on any atom is 0.251 e. The van der Waals surface area contributed by atoms with E-state index in [1.54, 1.807) is 38.1 Å². The maximum absolute atomic E-state index is 14.0. The number of pyridine rings is 1. The van der Waals surface area contributed by atoms with Gasteiger partial charge in [-0.25, -0.2) is 9.37 Å². The fraction of sp³-hybridized carbons (Fsp3) is 0.360. The first-order valence-corrected chi connectivity index (χ1v) is 12.0. The van der Waals surface area contributed by atoms with E-state index in [0.29, 0.717) is 36.0 Å². The van der Waals surface area contributed by atoms with Crippen molar-refractivity contribution in [3.8, 4) is 5.75 Å². The van der Waals surface area contributed by atoms with Crippen LogP contribution >= 0.6 is 23.2 Å². The van der Waals surface area contributed by atoms with Crippen LogP contribution in [0, 0.1) is 11.7 Å². The highest BCUT2D eigenvalue weighted by molar-refractivity contribution is 6.36. The number of anilines is 1. The van der Waals surface area contributed by atoms with E-state index in [0.717, 1.165) is 11.1 Å². The molecule has 4 rings (SSSR count). The van der Waals surface area contributed by atoms with Crippen molar-refractivity contribution in [2.75, 3.05) is 18.8 Å². The number of furan rings is 1. The van der Waals surface area contributed by atoms with Crippen LogP contribution in [0.3, 0.4) is 0 Å². The largest absolute Gasteiger partial charge is 0.478 e. The summed E-state index contributed by atoms with van der Waals surface area (Å²) >= 11 is 12.4. The zero-order valence-corrected chi connectivity index (χ0v) is 21.0. The van der Waals surface area contributed by atoms with Crippen LogP contribution in [-0.4, -0.2) is 40.1 Å². The first-order chi connectivity index (χ1) is 16.6. The van der Waals surface area contributed by atoms with Crippen LogP contribution in [0.15, 0.2) is 35.1 Å². The molecule has 2 atom stereocenters. The zero-order valence-electron chi connectivity index (χ0n) is 19.5. The number of aliphatic hydroxyl groups excluding tert-OH is 1. The second kappa shape index (κ2) is 10.0. The highest BCUT2D eigenvalue weighted by atomic mass is 35.5. The van der Waals surface area contributed by atoms with E-state index in [9.17, 15) is 14.3 Å². The summed E-state index contributed by atoms with van der Waals surface area (Å²) in [6.07, 6.45) is 3.95. The Balaban J connectivity index is 1.62. The van der Waals surface area contributed by atoms with Gasteiger partial charge >= 0.3 is 0 Å². The third-order valence-electron chi connectivity index (χ3n) is 6.13. The first-order valence-electron chi connectivity index (χ1n) is 11.2. The Morgan fingerprint density at radius 2 is 2.06 bits per heavy atom. The molecule has 186 valence electrons. The summed E-state index contributed by atoms with van der Waals surface area (Å²) in [5, 5.41) is 10.9. The fourth-order valence-corrected chi connectivity index (χ4v) is 4.76. The lowest BCUT2D eigenvalue weighted by Crippen LogP contribution is -2.43. The van der Waals surface area contributed by atoms with Crippen molar-refractivity contribution in [2.45, 2.75) is 39.4 Å². The van der Waals surface area contributed by atoms with Crippen LogP contribution in [-0.2, 0) is 4.79 Å². The normalized spacial score (nSPS) is 15.9. The Bertz CT molecular complexity index is 1310. The number of hydrogen-bond donors (Lipinski definition) is 2. The van der Waals surface area contributed by atoms with Gasteiger partial charge in [0, 0.05) is 35.4 Å². The Hall–Kier alpha value is -2.81. The monoisotopic (exact) mass is 521 g/mol. The predicted octanol–water partition coefficient (Wildman–Crippen LogP) is 5.63. The van der Waals surface area contributed by atoms with E-state index in [1.807, 2.05) is 6.08 Å². The molecule has 10 heteroatoms. The number of nitrogens with zero attached hydrogens (tertiary/aromatic N) is 2. The van der Waals surface area contributed by atoms with Crippen molar-refractivity contribution in [1.82, 2.24) is 9.88 Å². The number of aliphatic hydroxyl groups is 1. The van der Waals surface area contributed by atoms with Crippen LogP contribution in [0.2, 0.25) is 10.0 Å². The number of rotatable bonds is 6. The average molecular weight is 522 g/mol. The lowest BCUT2D eigenvalue weighted by molar-refractivity contribution is -0.141. The van der Waals surface area contributed by atoms with E-state index in [4.69, 9.17) is 38.1 Å². The quantitative estimate of drug-likeness (QED) is 0.407. The summed E-state index contributed by atoms with van der Waals surface area (Å²) in [7, 11) is 0. The van der Waals surface area contributed by atoms with Gasteiger partial charge in [-0.2, -0.15) is 0 Å². The lowest BCUT2D eigenvalue weighted by Gasteiger charge is -2.29. The van der Waals surface area contributed by atoms with Gasteiger partial charge in [0.2, 0.25) is 5.75 Å². The summed E-state index contributed by atoms with van der Waals surface area (Å²) in [5.74, 6) is -0.734. The molecular weight excluding hydrogens is 496 g/mol. The Morgan fingerprint density at radius 1 is 1.31 bits per heavy atom. The van der Waals surface area contributed by atoms with Gasteiger partial charge in [0.15, 0.2) is 11.4 Å². The van der Waals surface area contributed by atoms with Gasteiger partial charge in [-0.05, 0) is 37.0 Å². The van der Waals surface area contributed by atoms with Gasteiger partial charge in [0.05, 0.1) is 16.7 Å². The third kappa shape index (κ3) is 4.83. The summed E-state index contributed by atoms with van der Waals surface area (Å²) in [6.45, 7) is 6.14. The van der Waals surface area contributed by atoms with Crippen LogP contribution in [0.5, 0.6) is 5.75 Å². The fourth-order valence-electron chi connectivity index (χ4n) is 4.08. The van der Waals surface area contributed by atoms with E-state index in [1.165, 1.54) is 12.1 Å². The number of fused-ring (bicyclic) bond motifs is 1. The zero-order chi connectivity index (χ0) is 25.4. The van der Waals surface area contributed by atoms with Crippen molar-refractivity contribution in [2.24, 2.45) is 5.92 Å². The van der Waals surface area contributed by atoms with Crippen LogP contribution < -0.4 is 10.5 Å². The van der Waals surface area contributed by atoms with Crippen LogP contribution in [0.25, 0.3) is 16.5 Å². The molecule has 2 aromatic heterocycles. The second-order valence-electron chi connectivity index (χ2n) is 8.83. The molecule has 3 N–H and O–H groups in total. The van der Waals surface area contributed by atoms with Crippen molar-refractivity contribution >= 4 is 51.5 Å². The molecule has 7 nitrogen and oxygen atoms in total. The van der Waals surface area contributed by atoms with Gasteiger partial charge in [0.1, 0.15) is 18.0 Å². The Kier molecular flexibility index (Phi) is 7.26. The molecule has 1 aliphatic rings. The summed E-state index contributed by atoms with van der Waals surface area (Å²) in [6, 6.07) is 2.60. The number of hydrogen-bond acceptors (Lipinski definition) is 6. The van der Waals surface area contributed by atoms with Crippen molar-refractivity contribution in [1.29, 1.82) is 0 Å². The second-order valence-corrected chi connectivity index (χ2v) is 9.62. The minimum absolute atomic E-state index is 0.103. The van der Waals surface area contributed by atoms with Gasteiger partial charge < -0.3 is 24.9 Å². The van der Waals surface area contributed by atoms with E-state index >= 15 is 0 Å². The van der Waals surface area contributed by atoms with E-state index in [-0.39, 0.29) is 33.4 Å². The highest BCUT2D eigenvalue weighted by Gasteiger charge is 2.28. The van der Waals surface area contributed by atoms with Crippen molar-refractivity contribution in [3.05, 3.63) is 57.7 Å². The van der Waals surface area contributed by atoms with Gasteiger partial charge in [-0.3, -0.25) is 4.79 Å². The molecule has 0 fully saturated rings. The molecule has 0 spiro atoms. The smallest absolute Gasteiger partial charge is 0.251 e. The number of ether oxygens (including phenoxy) is 1. The minimum Gasteiger partial charge on any atom is -0.478 e. The molecule has 35 heavy (non-hydrogen) atoms. The molecule has 1 amide bonds. The SMILES string of the molecule is CC(C)[C@H](O)C(=O)N1CC=C(c2coc3c(O[C@H](C)c4c(Cl)ccc(F)c4Cl)c(N)ncc23)CC1. The number of nitrogens with two attached hydrogens (primary N) is 1. The topological polar surface area (TPSA) is 102 Å². The molecule has 0 bridgehead atoms. The predicted molar refractivity (Wildman–Crippen MR) is 134 cm³/mol. The van der Waals surface area contributed by atoms with Crippen LogP contribution in [0.4, 0.5) is 10.2 Å². The molecule has 0 saturated heterocycles. The molecule has 0 radical (unpaired) electrons. The molecule has 0 saturated carbocycles. The standard InChI is InChI=1S/C25H26Cl2FN3O4/c1-12(2)21(32)25(33)31-8-6-14(7-9-31)16-11-34-22-15(16)10-30-24(29)23(22)35-13(3)19-17(26)4-5-18(28)20(19)27/h4-6,10-13,21,32H,7-9H2,1-3H3,(H2,29,30)/t13-,21+/m1/s1. The minimum atomic E-state index is -1.02. The molecule has 1 aromatic carbocycles. The first kappa shape index (κ1) is 25.3. The number of nitrogen functional groups attached to an aromatic ring is 1. The van der Waals surface area contributed by atoms with Gasteiger partial charge in [-0.15, -0.1) is 0 Å². The van der Waals surface area contributed by atoms with E-state index in [2.05, 4.69) is 4.98 Å². The van der Waals surface area contributed by atoms with E-state index < -0.39 is 18.0 Å².